The van der Waals surface area contributed by atoms with E-state index < -0.39 is 29.6 Å². The molecule has 102 valence electrons. The van der Waals surface area contributed by atoms with E-state index in [4.69, 9.17) is 19.2 Å². The monoisotopic (exact) mass is 266 g/mol. The lowest BCUT2D eigenvalue weighted by Crippen LogP contribution is -2.41. The summed E-state index contributed by atoms with van der Waals surface area (Å²) in [6.45, 7) is 1.85. The highest BCUT2D eigenvalue weighted by Gasteiger charge is 2.58. The van der Waals surface area contributed by atoms with E-state index in [-0.39, 0.29) is 12.2 Å². The van der Waals surface area contributed by atoms with E-state index in [0.717, 1.165) is 18.4 Å². The van der Waals surface area contributed by atoms with Crippen molar-refractivity contribution in [2.45, 2.75) is 38.3 Å². The number of carbonyl (C=O) groups is 2. The highest BCUT2D eigenvalue weighted by molar-refractivity contribution is 5.98. The molecule has 3 heterocycles. The molecule has 0 amide bonds. The molecule has 6 heteroatoms. The molecule has 1 aliphatic carbocycles. The van der Waals surface area contributed by atoms with Crippen LogP contribution < -0.4 is 0 Å². The molecular formula is C13H14O6. The maximum Gasteiger partial charge on any atom is 0.321 e. The van der Waals surface area contributed by atoms with Crippen LogP contribution in [0.5, 0.6) is 0 Å². The molecule has 2 bridgehead atoms. The zero-order valence-corrected chi connectivity index (χ0v) is 10.5. The van der Waals surface area contributed by atoms with Crippen LogP contribution in [0.3, 0.4) is 0 Å². The van der Waals surface area contributed by atoms with Crippen LogP contribution in [0.25, 0.3) is 0 Å². The molecule has 0 N–H and O–H groups in total. The Kier molecular flexibility index (Phi) is 2.23. The number of hydrogen-bond donors (Lipinski definition) is 0. The smallest absolute Gasteiger partial charge is 0.321 e. The average Bonchev–Trinajstić information content (AvgIpc) is 3.05. The Balaban J connectivity index is 1.68. The summed E-state index contributed by atoms with van der Waals surface area (Å²) in [6.07, 6.45) is 3.71. The molecule has 3 saturated heterocycles. The van der Waals surface area contributed by atoms with Gasteiger partial charge in [-0.1, -0.05) is 11.6 Å². The molecule has 0 radical (unpaired) electrons. The van der Waals surface area contributed by atoms with E-state index in [1.165, 1.54) is 0 Å². The minimum atomic E-state index is -0.789. The molecule has 19 heavy (non-hydrogen) atoms. The minimum absolute atomic E-state index is 0.0836. The van der Waals surface area contributed by atoms with Crippen molar-refractivity contribution < 1.29 is 28.8 Å². The molecular weight excluding hydrogens is 252 g/mol. The summed E-state index contributed by atoms with van der Waals surface area (Å²) in [6, 6.07) is 0. The quantitative estimate of drug-likeness (QED) is 0.306. The SMILES string of the molecule is CC1=CC(C23CCC(OO2)O3)CC2C(=O)OC(=O)C12. The largest absolute Gasteiger partial charge is 0.392 e. The zero-order chi connectivity index (χ0) is 13.2. The Morgan fingerprint density at radius 3 is 2.79 bits per heavy atom. The Morgan fingerprint density at radius 1 is 1.32 bits per heavy atom. The third-order valence-electron chi connectivity index (χ3n) is 4.54. The van der Waals surface area contributed by atoms with Crippen LogP contribution in [0.2, 0.25) is 0 Å². The van der Waals surface area contributed by atoms with E-state index in [1.54, 1.807) is 0 Å². The first-order chi connectivity index (χ1) is 9.09. The van der Waals surface area contributed by atoms with Crippen LogP contribution in [0.1, 0.15) is 26.2 Å². The van der Waals surface area contributed by atoms with Crippen molar-refractivity contribution in [3.8, 4) is 0 Å². The third kappa shape index (κ3) is 1.47. The van der Waals surface area contributed by atoms with Crippen LogP contribution >= 0.6 is 0 Å². The molecule has 0 aromatic heterocycles. The van der Waals surface area contributed by atoms with Gasteiger partial charge in [0.15, 0.2) is 6.29 Å². The molecule has 6 nitrogen and oxygen atoms in total. The Morgan fingerprint density at radius 2 is 2.16 bits per heavy atom. The molecule has 3 fully saturated rings. The average molecular weight is 266 g/mol. The molecule has 0 aromatic carbocycles. The lowest BCUT2D eigenvalue weighted by atomic mass is 9.73. The highest BCUT2D eigenvalue weighted by atomic mass is 17.3. The second-order valence-corrected chi connectivity index (χ2v) is 5.65. The summed E-state index contributed by atoms with van der Waals surface area (Å²) >= 11 is 0. The lowest BCUT2D eigenvalue weighted by molar-refractivity contribution is -0.360. The number of ether oxygens (including phenoxy) is 2. The predicted octanol–water partition coefficient (Wildman–Crippen LogP) is 1.06. The van der Waals surface area contributed by atoms with Gasteiger partial charge in [-0.2, -0.15) is 4.89 Å². The van der Waals surface area contributed by atoms with Gasteiger partial charge in [0.25, 0.3) is 0 Å². The van der Waals surface area contributed by atoms with Crippen molar-refractivity contribution in [1.82, 2.24) is 0 Å². The number of rotatable bonds is 1. The molecule has 0 aromatic rings. The van der Waals surface area contributed by atoms with E-state index in [0.29, 0.717) is 6.42 Å². The first kappa shape index (κ1) is 11.6. The van der Waals surface area contributed by atoms with Crippen molar-refractivity contribution in [2.75, 3.05) is 0 Å². The second kappa shape index (κ2) is 3.65. The van der Waals surface area contributed by atoms with Crippen molar-refractivity contribution in [3.63, 3.8) is 0 Å². The van der Waals surface area contributed by atoms with Crippen molar-refractivity contribution >= 4 is 11.9 Å². The summed E-state index contributed by atoms with van der Waals surface area (Å²) in [7, 11) is 0. The van der Waals surface area contributed by atoms with Crippen LogP contribution in [-0.4, -0.2) is 24.0 Å². The van der Waals surface area contributed by atoms with Gasteiger partial charge in [0.2, 0.25) is 5.79 Å². The minimum Gasteiger partial charge on any atom is -0.392 e. The van der Waals surface area contributed by atoms with Gasteiger partial charge in [0, 0.05) is 18.8 Å². The van der Waals surface area contributed by atoms with Crippen LogP contribution in [0.15, 0.2) is 11.6 Å². The van der Waals surface area contributed by atoms with Gasteiger partial charge in [-0.05, 0) is 13.3 Å². The standard InChI is InChI=1S/C13H14O6/c1-6-4-7(13-3-2-9(17-13)18-19-13)5-8-10(6)12(15)16-11(8)14/h4,7-10H,2-3,5H2,1H3. The maximum absolute atomic E-state index is 11.7. The van der Waals surface area contributed by atoms with Crippen molar-refractivity contribution in [2.24, 2.45) is 17.8 Å². The number of carbonyl (C=O) groups excluding carboxylic acids is 2. The van der Waals surface area contributed by atoms with Gasteiger partial charge in [0.05, 0.1) is 11.8 Å². The lowest BCUT2D eigenvalue weighted by Gasteiger charge is -2.34. The van der Waals surface area contributed by atoms with Gasteiger partial charge >= 0.3 is 11.9 Å². The summed E-state index contributed by atoms with van der Waals surface area (Å²) in [5.74, 6) is -2.59. The fourth-order valence-electron chi connectivity index (χ4n) is 3.60. The van der Waals surface area contributed by atoms with Crippen molar-refractivity contribution in [3.05, 3.63) is 11.6 Å². The van der Waals surface area contributed by atoms with Crippen LogP contribution in [0.4, 0.5) is 0 Å². The number of hydrogen-bond acceptors (Lipinski definition) is 6. The summed E-state index contributed by atoms with van der Waals surface area (Å²) in [5.41, 5.74) is 0.856. The molecule has 0 spiro atoms. The predicted molar refractivity (Wildman–Crippen MR) is 59.0 cm³/mol. The molecule has 5 unspecified atom stereocenters. The number of cyclic esters (lactones) is 2. The van der Waals surface area contributed by atoms with E-state index in [2.05, 4.69) is 0 Å². The zero-order valence-electron chi connectivity index (χ0n) is 10.5. The summed E-state index contributed by atoms with van der Waals surface area (Å²) < 4.78 is 10.5. The number of esters is 2. The van der Waals surface area contributed by atoms with Gasteiger partial charge in [-0.3, -0.25) is 9.59 Å². The van der Waals surface area contributed by atoms with Gasteiger partial charge < -0.3 is 9.47 Å². The van der Waals surface area contributed by atoms with E-state index >= 15 is 0 Å². The molecule has 5 atom stereocenters. The van der Waals surface area contributed by atoms with E-state index in [1.807, 2.05) is 13.0 Å². The highest BCUT2D eigenvalue weighted by Crippen LogP contribution is 2.51. The number of fused-ring (bicyclic) bond motifs is 3. The molecule has 0 saturated carbocycles. The topological polar surface area (TPSA) is 71.1 Å². The van der Waals surface area contributed by atoms with Gasteiger partial charge in [-0.15, -0.1) is 0 Å². The third-order valence-corrected chi connectivity index (χ3v) is 4.54. The molecule has 3 aliphatic heterocycles. The Bertz CT molecular complexity index is 487. The normalized spacial score (nSPS) is 48.2. The molecule has 4 rings (SSSR count). The Hall–Kier alpha value is -1.24. The van der Waals surface area contributed by atoms with Crippen LogP contribution in [0, 0.1) is 17.8 Å². The molecule has 4 aliphatic rings. The van der Waals surface area contributed by atoms with Gasteiger partial charge in [-0.25, -0.2) is 4.89 Å². The second-order valence-electron chi connectivity index (χ2n) is 5.65. The fourth-order valence-corrected chi connectivity index (χ4v) is 3.60. The fraction of sp³-hybridized carbons (Fsp3) is 0.692. The maximum atomic E-state index is 11.7. The van der Waals surface area contributed by atoms with Crippen molar-refractivity contribution in [1.29, 1.82) is 0 Å². The van der Waals surface area contributed by atoms with E-state index in [9.17, 15) is 9.59 Å². The van der Waals surface area contributed by atoms with Crippen LogP contribution in [-0.2, 0) is 28.8 Å². The Labute approximate surface area is 109 Å². The first-order valence-electron chi connectivity index (χ1n) is 6.55. The van der Waals surface area contributed by atoms with Gasteiger partial charge in [0.1, 0.15) is 0 Å². The summed E-state index contributed by atoms with van der Waals surface area (Å²) in [5, 5.41) is 0. The first-order valence-corrected chi connectivity index (χ1v) is 6.55. The summed E-state index contributed by atoms with van der Waals surface area (Å²) in [4.78, 5) is 33.8.